The van der Waals surface area contributed by atoms with Gasteiger partial charge in [-0.1, -0.05) is 45.6 Å². The van der Waals surface area contributed by atoms with Crippen molar-refractivity contribution in [2.45, 2.75) is 71.4 Å². The lowest BCUT2D eigenvalue weighted by Crippen LogP contribution is -2.46. The highest BCUT2D eigenvalue weighted by molar-refractivity contribution is 6.00. The van der Waals surface area contributed by atoms with E-state index < -0.39 is 0 Å². The van der Waals surface area contributed by atoms with Crippen molar-refractivity contribution in [2.75, 3.05) is 11.4 Å². The van der Waals surface area contributed by atoms with E-state index in [1.165, 1.54) is 19.3 Å². The molecule has 2 unspecified atom stereocenters. The van der Waals surface area contributed by atoms with E-state index in [1.54, 1.807) is 0 Å². The van der Waals surface area contributed by atoms with Gasteiger partial charge in [0, 0.05) is 12.6 Å². The van der Waals surface area contributed by atoms with Gasteiger partial charge < -0.3 is 15.4 Å². The Hall–Kier alpha value is -1.55. The molecule has 128 valence electrons. The normalized spacial score (nSPS) is 18.5. The minimum atomic E-state index is -0.362. The number of benzene rings is 1. The van der Waals surface area contributed by atoms with Crippen LogP contribution in [-0.4, -0.2) is 18.6 Å². The van der Waals surface area contributed by atoms with Gasteiger partial charge in [-0.05, 0) is 37.5 Å². The first-order chi connectivity index (χ1) is 11.1. The first-order valence-electron chi connectivity index (χ1n) is 8.96. The quantitative estimate of drug-likeness (QED) is 0.732. The Labute approximate surface area is 140 Å². The Kier molecular flexibility index (Phi) is 6.46. The molecular formula is C19H30N2O2. The monoisotopic (exact) mass is 318 g/mol. The SMILES string of the molecule is CCCCCCCN1C(=O)C(CC)Oc2ccc(C(C)N)cc21. The zero-order valence-corrected chi connectivity index (χ0v) is 14.7. The lowest BCUT2D eigenvalue weighted by atomic mass is 10.0. The van der Waals surface area contributed by atoms with Gasteiger partial charge in [-0.3, -0.25) is 4.79 Å². The van der Waals surface area contributed by atoms with Crippen LogP contribution in [0.3, 0.4) is 0 Å². The van der Waals surface area contributed by atoms with E-state index in [1.807, 2.05) is 36.9 Å². The molecule has 0 saturated heterocycles. The largest absolute Gasteiger partial charge is 0.478 e. The number of amides is 1. The molecule has 0 spiro atoms. The van der Waals surface area contributed by atoms with Gasteiger partial charge in [0.2, 0.25) is 0 Å². The van der Waals surface area contributed by atoms with Crippen molar-refractivity contribution in [1.29, 1.82) is 0 Å². The van der Waals surface area contributed by atoms with Crippen LogP contribution < -0.4 is 15.4 Å². The number of fused-ring (bicyclic) bond motifs is 1. The third kappa shape index (κ3) is 4.25. The zero-order chi connectivity index (χ0) is 16.8. The van der Waals surface area contributed by atoms with Crippen molar-refractivity contribution in [3.8, 4) is 5.75 Å². The van der Waals surface area contributed by atoms with Crippen LogP contribution in [0.1, 0.15) is 70.9 Å². The number of hydrogen-bond acceptors (Lipinski definition) is 3. The fourth-order valence-corrected chi connectivity index (χ4v) is 2.99. The number of anilines is 1. The molecule has 2 atom stereocenters. The summed E-state index contributed by atoms with van der Waals surface area (Å²) in [6.45, 7) is 6.92. The Morgan fingerprint density at radius 1 is 1.22 bits per heavy atom. The maximum Gasteiger partial charge on any atom is 0.268 e. The second kappa shape index (κ2) is 8.34. The van der Waals surface area contributed by atoms with Gasteiger partial charge in [-0.15, -0.1) is 0 Å². The molecule has 0 bridgehead atoms. The molecule has 0 fully saturated rings. The smallest absolute Gasteiger partial charge is 0.268 e. The Morgan fingerprint density at radius 2 is 1.96 bits per heavy atom. The van der Waals surface area contributed by atoms with Crippen molar-refractivity contribution in [2.24, 2.45) is 5.73 Å². The Bertz CT molecular complexity index is 528. The number of nitrogens with zero attached hydrogens (tertiary/aromatic N) is 1. The van der Waals surface area contributed by atoms with E-state index in [2.05, 4.69) is 6.92 Å². The molecule has 1 aromatic rings. The molecule has 23 heavy (non-hydrogen) atoms. The maximum atomic E-state index is 12.7. The van der Waals surface area contributed by atoms with Crippen LogP contribution >= 0.6 is 0 Å². The molecule has 0 saturated carbocycles. The van der Waals surface area contributed by atoms with Crippen LogP contribution in [0.2, 0.25) is 0 Å². The van der Waals surface area contributed by atoms with Crippen molar-refractivity contribution in [3.63, 3.8) is 0 Å². The molecule has 1 heterocycles. The first-order valence-corrected chi connectivity index (χ1v) is 8.96. The average molecular weight is 318 g/mol. The number of hydrogen-bond donors (Lipinski definition) is 1. The summed E-state index contributed by atoms with van der Waals surface area (Å²) in [6.07, 6.45) is 6.26. The zero-order valence-electron chi connectivity index (χ0n) is 14.7. The summed E-state index contributed by atoms with van der Waals surface area (Å²) in [6, 6.07) is 5.90. The molecule has 4 heteroatoms. The standard InChI is InChI=1S/C19H30N2O2/c1-4-6-7-8-9-12-21-16-13-15(14(3)20)10-11-18(16)23-17(5-2)19(21)22/h10-11,13-14,17H,4-9,12,20H2,1-3H3. The van der Waals surface area contributed by atoms with E-state index >= 15 is 0 Å². The summed E-state index contributed by atoms with van der Waals surface area (Å²) in [5.41, 5.74) is 7.90. The predicted molar refractivity (Wildman–Crippen MR) is 94.9 cm³/mol. The fraction of sp³-hybridized carbons (Fsp3) is 0.632. The molecule has 4 nitrogen and oxygen atoms in total. The van der Waals surface area contributed by atoms with Crippen molar-refractivity contribution in [3.05, 3.63) is 23.8 Å². The second-order valence-electron chi connectivity index (χ2n) is 6.43. The minimum Gasteiger partial charge on any atom is -0.478 e. The van der Waals surface area contributed by atoms with Gasteiger partial charge >= 0.3 is 0 Å². The second-order valence-corrected chi connectivity index (χ2v) is 6.43. The van der Waals surface area contributed by atoms with Crippen molar-refractivity contribution < 1.29 is 9.53 Å². The van der Waals surface area contributed by atoms with Crippen LogP contribution in [0.4, 0.5) is 5.69 Å². The van der Waals surface area contributed by atoms with E-state index in [4.69, 9.17) is 10.5 Å². The topological polar surface area (TPSA) is 55.6 Å². The van der Waals surface area contributed by atoms with Gasteiger partial charge in [-0.25, -0.2) is 0 Å². The van der Waals surface area contributed by atoms with Crippen LogP contribution in [0.25, 0.3) is 0 Å². The molecule has 2 rings (SSSR count). The fourth-order valence-electron chi connectivity index (χ4n) is 2.99. The van der Waals surface area contributed by atoms with E-state index in [-0.39, 0.29) is 18.1 Å². The number of carbonyl (C=O) groups is 1. The summed E-state index contributed by atoms with van der Waals surface area (Å²) in [5, 5.41) is 0. The average Bonchev–Trinajstić information content (AvgIpc) is 2.55. The van der Waals surface area contributed by atoms with Gasteiger partial charge in [0.15, 0.2) is 6.10 Å². The van der Waals surface area contributed by atoms with Gasteiger partial charge in [-0.2, -0.15) is 0 Å². The molecule has 1 aliphatic heterocycles. The van der Waals surface area contributed by atoms with Gasteiger partial charge in [0.05, 0.1) is 5.69 Å². The highest BCUT2D eigenvalue weighted by Gasteiger charge is 2.33. The lowest BCUT2D eigenvalue weighted by molar-refractivity contribution is -0.126. The van der Waals surface area contributed by atoms with Gasteiger partial charge in [0.25, 0.3) is 5.91 Å². The number of carbonyl (C=O) groups excluding carboxylic acids is 1. The van der Waals surface area contributed by atoms with Crippen LogP contribution in [0.5, 0.6) is 5.75 Å². The molecule has 1 aromatic carbocycles. The summed E-state index contributed by atoms with van der Waals surface area (Å²) in [5.74, 6) is 0.881. The highest BCUT2D eigenvalue weighted by atomic mass is 16.5. The number of nitrogens with two attached hydrogens (primary N) is 1. The molecule has 1 aliphatic rings. The molecule has 0 aromatic heterocycles. The molecular weight excluding hydrogens is 288 g/mol. The summed E-state index contributed by atoms with van der Waals surface area (Å²) < 4.78 is 5.87. The van der Waals surface area contributed by atoms with E-state index in [9.17, 15) is 4.79 Å². The summed E-state index contributed by atoms with van der Waals surface area (Å²) in [7, 11) is 0. The van der Waals surface area contributed by atoms with Gasteiger partial charge in [0.1, 0.15) is 5.75 Å². The number of unbranched alkanes of at least 4 members (excludes halogenated alkanes) is 4. The van der Waals surface area contributed by atoms with E-state index in [0.29, 0.717) is 6.42 Å². The Morgan fingerprint density at radius 3 is 2.61 bits per heavy atom. The first kappa shape index (κ1) is 17.8. The van der Waals surface area contributed by atoms with E-state index in [0.717, 1.165) is 36.4 Å². The minimum absolute atomic E-state index is 0.0503. The molecule has 1 amide bonds. The third-order valence-corrected chi connectivity index (χ3v) is 4.47. The highest BCUT2D eigenvalue weighted by Crippen LogP contribution is 2.36. The number of rotatable bonds is 8. The molecule has 0 radical (unpaired) electrons. The molecule has 2 N–H and O–H groups in total. The molecule has 0 aliphatic carbocycles. The Balaban J connectivity index is 2.17. The summed E-state index contributed by atoms with van der Waals surface area (Å²) >= 11 is 0. The van der Waals surface area contributed by atoms with Crippen molar-refractivity contribution in [1.82, 2.24) is 0 Å². The maximum absolute atomic E-state index is 12.7. The lowest BCUT2D eigenvalue weighted by Gasteiger charge is -2.34. The predicted octanol–water partition coefficient (Wildman–Crippen LogP) is 4.18. The van der Waals surface area contributed by atoms with Crippen LogP contribution in [0, 0.1) is 0 Å². The third-order valence-electron chi connectivity index (χ3n) is 4.47. The van der Waals surface area contributed by atoms with Crippen LogP contribution in [0.15, 0.2) is 18.2 Å². The number of ether oxygens (including phenoxy) is 1. The van der Waals surface area contributed by atoms with Crippen LogP contribution in [-0.2, 0) is 4.79 Å². The van der Waals surface area contributed by atoms with Crippen molar-refractivity contribution >= 4 is 11.6 Å². The summed E-state index contributed by atoms with van der Waals surface area (Å²) in [4.78, 5) is 14.6.